The summed E-state index contributed by atoms with van der Waals surface area (Å²) in [5.74, 6) is -0.229. The molecule has 0 saturated carbocycles. The maximum absolute atomic E-state index is 12.4. The second kappa shape index (κ2) is 7.14. The molecule has 0 aliphatic carbocycles. The number of amides is 2. The van der Waals surface area contributed by atoms with Crippen LogP contribution in [0.25, 0.3) is 0 Å². The summed E-state index contributed by atoms with van der Waals surface area (Å²) in [5, 5.41) is 14.4. The van der Waals surface area contributed by atoms with E-state index in [1.807, 2.05) is 30.3 Å². The molecule has 3 aromatic rings. The zero-order chi connectivity index (χ0) is 19.7. The topological polar surface area (TPSA) is 115 Å². The lowest BCUT2D eigenvalue weighted by Gasteiger charge is -2.15. The van der Waals surface area contributed by atoms with Gasteiger partial charge in [0, 0.05) is 31.9 Å². The van der Waals surface area contributed by atoms with E-state index >= 15 is 0 Å². The highest BCUT2D eigenvalue weighted by atomic mass is 16.5. The molecule has 4 rings (SSSR count). The van der Waals surface area contributed by atoms with Crippen LogP contribution in [0.15, 0.2) is 40.9 Å². The number of methoxy groups -OCH3 is 1. The predicted molar refractivity (Wildman–Crippen MR) is 98.2 cm³/mol. The van der Waals surface area contributed by atoms with Crippen LogP contribution in [0.5, 0.6) is 5.88 Å². The van der Waals surface area contributed by atoms with Gasteiger partial charge in [-0.2, -0.15) is 0 Å². The molecular formula is C18H18N6O4. The number of aromatic nitrogens is 4. The summed E-state index contributed by atoms with van der Waals surface area (Å²) in [7, 11) is 3.11. The zero-order valence-corrected chi connectivity index (χ0v) is 15.3. The van der Waals surface area contributed by atoms with Crippen molar-refractivity contribution in [2.24, 2.45) is 7.05 Å². The summed E-state index contributed by atoms with van der Waals surface area (Å²) in [6.07, 6.45) is 1.79. The first-order chi connectivity index (χ1) is 13.5. The van der Waals surface area contributed by atoms with Gasteiger partial charge in [-0.3, -0.25) is 19.6 Å². The molecule has 1 saturated heterocycles. The van der Waals surface area contributed by atoms with E-state index in [4.69, 9.17) is 9.15 Å². The first kappa shape index (κ1) is 17.7. The first-order valence-electron chi connectivity index (χ1n) is 8.63. The minimum atomic E-state index is -0.478. The SMILES string of the molecule is COc1nn(C)cc1C(=O)Nc1nnc([C@H]2CC(=O)N(c3ccccc3)C2)o1. The molecule has 1 aromatic carbocycles. The van der Waals surface area contributed by atoms with Crippen LogP contribution in [0, 0.1) is 0 Å². The molecule has 0 spiro atoms. The molecule has 28 heavy (non-hydrogen) atoms. The number of hydrogen-bond acceptors (Lipinski definition) is 7. The van der Waals surface area contributed by atoms with Gasteiger partial charge < -0.3 is 14.1 Å². The molecule has 144 valence electrons. The molecule has 10 heteroatoms. The maximum Gasteiger partial charge on any atom is 0.322 e. The van der Waals surface area contributed by atoms with E-state index in [1.54, 1.807) is 11.9 Å². The van der Waals surface area contributed by atoms with Crippen LogP contribution in [0.2, 0.25) is 0 Å². The lowest BCUT2D eigenvalue weighted by Crippen LogP contribution is -2.24. The normalized spacial score (nSPS) is 16.4. The van der Waals surface area contributed by atoms with Crippen LogP contribution in [-0.2, 0) is 11.8 Å². The fraction of sp³-hybridized carbons (Fsp3) is 0.278. The minimum Gasteiger partial charge on any atom is -0.479 e. The Morgan fingerprint density at radius 3 is 2.82 bits per heavy atom. The van der Waals surface area contributed by atoms with Crippen LogP contribution in [-0.4, -0.2) is 45.4 Å². The Bertz CT molecular complexity index is 1010. The Kier molecular flexibility index (Phi) is 4.52. The van der Waals surface area contributed by atoms with Crippen LogP contribution in [0.1, 0.15) is 28.6 Å². The average molecular weight is 382 g/mol. The summed E-state index contributed by atoms with van der Waals surface area (Å²) >= 11 is 0. The highest BCUT2D eigenvalue weighted by Crippen LogP contribution is 2.31. The number of ether oxygens (including phenoxy) is 1. The van der Waals surface area contributed by atoms with Gasteiger partial charge in [0.15, 0.2) is 0 Å². The smallest absolute Gasteiger partial charge is 0.322 e. The van der Waals surface area contributed by atoms with Crippen molar-refractivity contribution in [3.8, 4) is 5.88 Å². The second-order valence-corrected chi connectivity index (χ2v) is 6.37. The average Bonchev–Trinajstić information content (AvgIpc) is 3.40. The van der Waals surface area contributed by atoms with Crippen molar-refractivity contribution >= 4 is 23.5 Å². The Morgan fingerprint density at radius 2 is 2.07 bits per heavy atom. The van der Waals surface area contributed by atoms with Crippen molar-refractivity contribution in [3.63, 3.8) is 0 Å². The summed E-state index contributed by atoms with van der Waals surface area (Å²) in [6.45, 7) is 0.439. The molecule has 1 atom stereocenters. The molecule has 1 fully saturated rings. The Morgan fingerprint density at radius 1 is 1.29 bits per heavy atom. The third-order valence-corrected chi connectivity index (χ3v) is 4.44. The molecule has 1 N–H and O–H groups in total. The number of benzene rings is 1. The van der Waals surface area contributed by atoms with Gasteiger partial charge in [0.2, 0.25) is 17.7 Å². The molecule has 1 aliphatic rings. The van der Waals surface area contributed by atoms with Gasteiger partial charge in [0.1, 0.15) is 5.56 Å². The van der Waals surface area contributed by atoms with E-state index in [1.165, 1.54) is 18.0 Å². The van der Waals surface area contributed by atoms with Gasteiger partial charge in [-0.25, -0.2) is 0 Å². The minimum absolute atomic E-state index is 0.0138. The zero-order valence-electron chi connectivity index (χ0n) is 15.3. The van der Waals surface area contributed by atoms with Gasteiger partial charge >= 0.3 is 6.01 Å². The van der Waals surface area contributed by atoms with Crippen molar-refractivity contribution in [2.75, 3.05) is 23.9 Å². The van der Waals surface area contributed by atoms with E-state index in [9.17, 15) is 9.59 Å². The van der Waals surface area contributed by atoms with Crippen LogP contribution in [0.3, 0.4) is 0 Å². The van der Waals surface area contributed by atoms with Gasteiger partial charge in [-0.15, -0.1) is 10.2 Å². The largest absolute Gasteiger partial charge is 0.479 e. The van der Waals surface area contributed by atoms with Gasteiger partial charge in [0.25, 0.3) is 5.91 Å². The summed E-state index contributed by atoms with van der Waals surface area (Å²) in [5.41, 5.74) is 1.07. The molecule has 10 nitrogen and oxygen atoms in total. The standard InChI is InChI=1S/C18H18N6O4/c1-23-10-13(17(22-23)27-2)15(26)19-18-21-20-16(28-18)11-8-14(25)24(9-11)12-6-4-3-5-7-12/h3-7,10-11H,8-9H2,1-2H3,(H,19,21,26)/t11-/m0/s1. The Balaban J connectivity index is 1.46. The molecule has 3 heterocycles. The number of anilines is 2. The van der Waals surface area contributed by atoms with E-state index in [-0.39, 0.29) is 35.7 Å². The predicted octanol–water partition coefficient (Wildman–Crippen LogP) is 1.58. The van der Waals surface area contributed by atoms with Gasteiger partial charge in [0.05, 0.1) is 13.0 Å². The molecule has 1 aliphatic heterocycles. The molecule has 0 radical (unpaired) electrons. The monoisotopic (exact) mass is 382 g/mol. The van der Waals surface area contributed by atoms with E-state index in [0.29, 0.717) is 12.4 Å². The van der Waals surface area contributed by atoms with E-state index in [0.717, 1.165) is 5.69 Å². The lowest BCUT2D eigenvalue weighted by atomic mass is 10.1. The van der Waals surface area contributed by atoms with E-state index in [2.05, 4.69) is 20.6 Å². The number of carbonyl (C=O) groups excluding carboxylic acids is 2. The number of para-hydroxylation sites is 1. The second-order valence-electron chi connectivity index (χ2n) is 6.37. The van der Waals surface area contributed by atoms with Crippen molar-refractivity contribution < 1.29 is 18.7 Å². The Labute approximate surface area is 160 Å². The van der Waals surface area contributed by atoms with E-state index < -0.39 is 5.91 Å². The quantitative estimate of drug-likeness (QED) is 0.712. The van der Waals surface area contributed by atoms with Crippen molar-refractivity contribution in [1.29, 1.82) is 0 Å². The fourth-order valence-corrected chi connectivity index (χ4v) is 3.12. The van der Waals surface area contributed by atoms with Gasteiger partial charge in [-0.05, 0) is 12.1 Å². The number of rotatable bonds is 5. The van der Waals surface area contributed by atoms with Gasteiger partial charge in [-0.1, -0.05) is 23.3 Å². The molecule has 0 unspecified atom stereocenters. The van der Waals surface area contributed by atoms with Crippen molar-refractivity contribution in [2.45, 2.75) is 12.3 Å². The number of carbonyl (C=O) groups is 2. The molecular weight excluding hydrogens is 364 g/mol. The third-order valence-electron chi connectivity index (χ3n) is 4.44. The van der Waals surface area contributed by atoms with Crippen LogP contribution in [0.4, 0.5) is 11.7 Å². The number of hydrogen-bond donors (Lipinski definition) is 1. The summed E-state index contributed by atoms with van der Waals surface area (Å²) < 4.78 is 12.1. The van der Waals surface area contributed by atoms with Crippen molar-refractivity contribution in [1.82, 2.24) is 20.0 Å². The molecule has 0 bridgehead atoms. The lowest BCUT2D eigenvalue weighted by molar-refractivity contribution is -0.117. The number of aryl methyl sites for hydroxylation is 1. The Hall–Kier alpha value is -3.69. The molecule has 2 aromatic heterocycles. The number of nitrogens with one attached hydrogen (secondary N) is 1. The highest BCUT2D eigenvalue weighted by molar-refractivity contribution is 6.04. The first-order valence-corrected chi connectivity index (χ1v) is 8.63. The maximum atomic E-state index is 12.4. The van der Waals surface area contributed by atoms with Crippen molar-refractivity contribution in [3.05, 3.63) is 48.0 Å². The van der Waals surface area contributed by atoms with Crippen LogP contribution < -0.4 is 15.0 Å². The summed E-state index contributed by atoms with van der Waals surface area (Å²) in [6, 6.07) is 9.36. The fourth-order valence-electron chi connectivity index (χ4n) is 3.12. The number of nitrogens with zero attached hydrogens (tertiary/aromatic N) is 5. The third kappa shape index (κ3) is 3.31. The summed E-state index contributed by atoms with van der Waals surface area (Å²) in [4.78, 5) is 26.4. The molecule has 2 amide bonds. The van der Waals surface area contributed by atoms with Crippen LogP contribution >= 0.6 is 0 Å². The highest BCUT2D eigenvalue weighted by Gasteiger charge is 2.35.